The molecule has 15 heavy (non-hydrogen) atoms. The molecular weight excluding hydrogens is 221 g/mol. The zero-order chi connectivity index (χ0) is 11.9. The average molecular weight is 239 g/mol. The highest BCUT2D eigenvalue weighted by molar-refractivity contribution is 7.53. The molecule has 0 aliphatic heterocycles. The molecule has 0 saturated carbocycles. The maximum atomic E-state index is 11.9. The Morgan fingerprint density at radius 3 is 2.13 bits per heavy atom. The summed E-state index contributed by atoms with van der Waals surface area (Å²) in [6, 6.07) is -0.987. The van der Waals surface area contributed by atoms with Crippen LogP contribution in [-0.2, 0) is 23.1 Å². The van der Waals surface area contributed by atoms with Crippen LogP contribution in [0.2, 0.25) is 0 Å². The largest absolute Gasteiger partial charge is 0.468 e. The summed E-state index contributed by atoms with van der Waals surface area (Å²) in [6.07, 6.45) is -0.165. The van der Waals surface area contributed by atoms with E-state index in [0.717, 1.165) is 0 Å². The summed E-state index contributed by atoms with van der Waals surface area (Å²) in [6.45, 7) is 3.86. The van der Waals surface area contributed by atoms with Crippen molar-refractivity contribution in [3.8, 4) is 0 Å². The summed E-state index contributed by atoms with van der Waals surface area (Å²) in [5.41, 5.74) is 5.47. The second-order valence-electron chi connectivity index (χ2n) is 2.76. The fraction of sp³-hybridized carbons (Fsp3) is 0.875. The Hall–Kier alpha value is -0.420. The van der Waals surface area contributed by atoms with E-state index in [1.165, 1.54) is 7.11 Å². The van der Waals surface area contributed by atoms with E-state index < -0.39 is 19.6 Å². The molecule has 0 heterocycles. The molecule has 2 N–H and O–H groups in total. The Balaban J connectivity index is 4.40. The Bertz CT molecular complexity index is 235. The van der Waals surface area contributed by atoms with Gasteiger partial charge in [-0.3, -0.25) is 9.36 Å². The van der Waals surface area contributed by atoms with Gasteiger partial charge in [0.15, 0.2) is 0 Å². The predicted octanol–water partition coefficient (Wildman–Crippen LogP) is 0.753. The van der Waals surface area contributed by atoms with Gasteiger partial charge in [0, 0.05) is 0 Å². The number of carbonyl (C=O) groups is 1. The molecule has 0 spiro atoms. The van der Waals surface area contributed by atoms with E-state index in [2.05, 4.69) is 4.74 Å². The smallest absolute Gasteiger partial charge is 0.332 e. The van der Waals surface area contributed by atoms with Crippen LogP contribution in [0.25, 0.3) is 0 Å². The number of nitrogens with two attached hydrogens (primary N) is 1. The van der Waals surface area contributed by atoms with Crippen molar-refractivity contribution in [1.29, 1.82) is 0 Å². The van der Waals surface area contributed by atoms with Crippen LogP contribution in [0, 0.1) is 0 Å². The molecule has 6 nitrogen and oxygen atoms in total. The number of methoxy groups -OCH3 is 1. The number of carbonyl (C=O) groups excluding carboxylic acids is 1. The van der Waals surface area contributed by atoms with E-state index in [9.17, 15) is 9.36 Å². The van der Waals surface area contributed by atoms with E-state index >= 15 is 0 Å². The van der Waals surface area contributed by atoms with Gasteiger partial charge in [0.1, 0.15) is 6.04 Å². The molecule has 0 saturated heterocycles. The second-order valence-corrected chi connectivity index (χ2v) is 4.86. The molecule has 1 atom stereocenters. The third-order valence-corrected chi connectivity index (χ3v) is 3.72. The second kappa shape index (κ2) is 6.95. The SMILES string of the molecule is CCOP(=O)(CC(N)C(=O)OC)OCC. The molecule has 0 aromatic heterocycles. The van der Waals surface area contributed by atoms with Gasteiger partial charge in [-0.1, -0.05) is 0 Å². The summed E-state index contributed by atoms with van der Waals surface area (Å²) >= 11 is 0. The van der Waals surface area contributed by atoms with Gasteiger partial charge < -0.3 is 19.5 Å². The first kappa shape index (κ1) is 14.6. The van der Waals surface area contributed by atoms with Gasteiger partial charge in [0.25, 0.3) is 0 Å². The minimum absolute atomic E-state index is 0.165. The molecular formula is C8H18NO5P. The van der Waals surface area contributed by atoms with Crippen LogP contribution in [0.1, 0.15) is 13.8 Å². The summed E-state index contributed by atoms with van der Waals surface area (Å²) in [7, 11) is -2.05. The van der Waals surface area contributed by atoms with Crippen LogP contribution in [0.5, 0.6) is 0 Å². The van der Waals surface area contributed by atoms with Crippen molar-refractivity contribution < 1.29 is 23.1 Å². The molecule has 7 heteroatoms. The first-order chi connectivity index (χ1) is 6.99. The molecule has 0 radical (unpaired) electrons. The molecule has 0 aromatic carbocycles. The van der Waals surface area contributed by atoms with Crippen LogP contribution in [0.15, 0.2) is 0 Å². The van der Waals surface area contributed by atoms with E-state index in [1.807, 2.05) is 0 Å². The standard InChI is InChI=1S/C8H18NO5P/c1-4-13-15(11,14-5-2)6-7(9)8(10)12-3/h7H,4-6,9H2,1-3H3. The molecule has 0 rings (SSSR count). The maximum absolute atomic E-state index is 11.9. The first-order valence-corrected chi connectivity index (χ1v) is 6.43. The highest BCUT2D eigenvalue weighted by Gasteiger charge is 2.30. The monoisotopic (exact) mass is 239 g/mol. The third kappa shape index (κ3) is 5.28. The van der Waals surface area contributed by atoms with Crippen molar-refractivity contribution in [3.63, 3.8) is 0 Å². The molecule has 0 bridgehead atoms. The summed E-state index contributed by atoms with van der Waals surface area (Å²) in [4.78, 5) is 11.0. The fourth-order valence-electron chi connectivity index (χ4n) is 1.00. The number of esters is 1. The molecule has 0 amide bonds. The van der Waals surface area contributed by atoms with Crippen molar-refractivity contribution in [2.24, 2.45) is 5.73 Å². The van der Waals surface area contributed by atoms with Crippen molar-refractivity contribution in [3.05, 3.63) is 0 Å². The summed E-state index contributed by atoms with van der Waals surface area (Å²) < 4.78 is 26.3. The van der Waals surface area contributed by atoms with Gasteiger partial charge in [-0.25, -0.2) is 0 Å². The van der Waals surface area contributed by atoms with Gasteiger partial charge in [-0.05, 0) is 13.8 Å². The molecule has 0 aliphatic carbocycles. The zero-order valence-electron chi connectivity index (χ0n) is 9.26. The van der Waals surface area contributed by atoms with E-state index in [0.29, 0.717) is 0 Å². The molecule has 0 fully saturated rings. The topological polar surface area (TPSA) is 87.9 Å². The number of rotatable bonds is 7. The van der Waals surface area contributed by atoms with Crippen LogP contribution in [-0.4, -0.2) is 38.5 Å². The zero-order valence-corrected chi connectivity index (χ0v) is 10.2. The fourth-order valence-corrected chi connectivity index (χ4v) is 2.71. The Morgan fingerprint density at radius 2 is 1.80 bits per heavy atom. The Labute approximate surface area is 89.6 Å². The maximum Gasteiger partial charge on any atom is 0.332 e. The quantitative estimate of drug-likeness (QED) is 0.521. The lowest BCUT2D eigenvalue weighted by Gasteiger charge is -2.19. The lowest BCUT2D eigenvalue weighted by molar-refractivity contribution is -0.141. The van der Waals surface area contributed by atoms with Crippen molar-refractivity contribution in [1.82, 2.24) is 0 Å². The van der Waals surface area contributed by atoms with Gasteiger partial charge in [0.2, 0.25) is 0 Å². The molecule has 0 aromatic rings. The van der Waals surface area contributed by atoms with Crippen LogP contribution in [0.4, 0.5) is 0 Å². The highest BCUT2D eigenvalue weighted by atomic mass is 31.2. The Kier molecular flexibility index (Phi) is 6.76. The van der Waals surface area contributed by atoms with E-state index in [4.69, 9.17) is 14.8 Å². The highest BCUT2D eigenvalue weighted by Crippen LogP contribution is 2.48. The minimum Gasteiger partial charge on any atom is -0.468 e. The average Bonchev–Trinajstić information content (AvgIpc) is 2.16. The summed E-state index contributed by atoms with van der Waals surface area (Å²) in [5.74, 6) is -0.630. The molecule has 90 valence electrons. The molecule has 1 unspecified atom stereocenters. The lowest BCUT2D eigenvalue weighted by Crippen LogP contribution is -2.35. The number of hydrogen-bond acceptors (Lipinski definition) is 6. The van der Waals surface area contributed by atoms with Crippen LogP contribution in [0.3, 0.4) is 0 Å². The first-order valence-electron chi connectivity index (χ1n) is 4.70. The lowest BCUT2D eigenvalue weighted by atomic mass is 10.4. The number of hydrogen-bond donors (Lipinski definition) is 1. The van der Waals surface area contributed by atoms with Gasteiger partial charge in [0.05, 0.1) is 26.5 Å². The van der Waals surface area contributed by atoms with Crippen LogP contribution < -0.4 is 5.73 Å². The molecule has 0 aliphatic rings. The van der Waals surface area contributed by atoms with Crippen molar-refractivity contribution in [2.75, 3.05) is 26.5 Å². The third-order valence-electron chi connectivity index (χ3n) is 1.58. The van der Waals surface area contributed by atoms with E-state index in [-0.39, 0.29) is 19.4 Å². The van der Waals surface area contributed by atoms with Gasteiger partial charge in [-0.2, -0.15) is 0 Å². The Morgan fingerprint density at radius 1 is 1.33 bits per heavy atom. The predicted molar refractivity (Wildman–Crippen MR) is 55.7 cm³/mol. The van der Waals surface area contributed by atoms with Crippen molar-refractivity contribution in [2.45, 2.75) is 19.9 Å². The van der Waals surface area contributed by atoms with Crippen LogP contribution >= 0.6 is 7.60 Å². The number of ether oxygens (including phenoxy) is 1. The van der Waals surface area contributed by atoms with Gasteiger partial charge >= 0.3 is 13.6 Å². The van der Waals surface area contributed by atoms with Gasteiger partial charge in [-0.15, -0.1) is 0 Å². The normalized spacial score (nSPS) is 13.6. The minimum atomic E-state index is -3.27. The van der Waals surface area contributed by atoms with Crippen molar-refractivity contribution >= 4 is 13.6 Å². The van der Waals surface area contributed by atoms with E-state index in [1.54, 1.807) is 13.8 Å². The summed E-state index contributed by atoms with van der Waals surface area (Å²) in [5, 5.41) is 0.